The molecule has 3 rings (SSSR count). The normalized spacial score (nSPS) is 13.5. The maximum atomic E-state index is 12.1. The number of ether oxygens (including phenoxy) is 2. The van der Waals surface area contributed by atoms with Gasteiger partial charge in [-0.2, -0.15) is 0 Å². The van der Waals surface area contributed by atoms with Gasteiger partial charge in [0.15, 0.2) is 6.04 Å². The highest BCUT2D eigenvalue weighted by atomic mass is 16.5. The highest BCUT2D eigenvalue weighted by Crippen LogP contribution is 2.44. The van der Waals surface area contributed by atoms with Crippen LogP contribution < -0.4 is 5.32 Å². The topological polar surface area (TPSA) is 105 Å². The molecule has 7 nitrogen and oxygen atoms in total. The monoisotopic (exact) mass is 385 g/mol. The van der Waals surface area contributed by atoms with Crippen LogP contribution in [0.25, 0.3) is 11.1 Å². The number of carbonyl (C=O) groups excluding carboxylic acids is 1. The molecule has 0 heterocycles. The Morgan fingerprint density at radius 2 is 1.64 bits per heavy atom. The van der Waals surface area contributed by atoms with Crippen LogP contribution in [0.2, 0.25) is 0 Å². The number of hydrogen-bond acceptors (Lipinski definition) is 5. The minimum atomic E-state index is -1.21. The van der Waals surface area contributed by atoms with Gasteiger partial charge in [0, 0.05) is 19.1 Å². The molecule has 1 aliphatic carbocycles. The third-order valence-corrected chi connectivity index (χ3v) is 4.67. The lowest BCUT2D eigenvalue weighted by atomic mass is 9.98. The zero-order chi connectivity index (χ0) is 19.9. The Morgan fingerprint density at radius 1 is 1.04 bits per heavy atom. The zero-order valence-corrected chi connectivity index (χ0v) is 15.3. The molecule has 3 N–H and O–H groups in total. The summed E-state index contributed by atoms with van der Waals surface area (Å²) in [5, 5.41) is 20.2. The maximum Gasteiger partial charge on any atom is 0.407 e. The summed E-state index contributed by atoms with van der Waals surface area (Å²) in [7, 11) is 0. The Morgan fingerprint density at radius 3 is 2.21 bits per heavy atom. The van der Waals surface area contributed by atoms with Crippen LogP contribution in [0.5, 0.6) is 0 Å². The van der Waals surface area contributed by atoms with E-state index in [1.807, 2.05) is 48.5 Å². The molecule has 2 aromatic rings. The molecule has 0 bridgehead atoms. The van der Waals surface area contributed by atoms with Crippen molar-refractivity contribution in [1.29, 1.82) is 0 Å². The second-order valence-electron chi connectivity index (χ2n) is 6.51. The van der Waals surface area contributed by atoms with Crippen LogP contribution in [0, 0.1) is 0 Å². The molecule has 2 aromatic carbocycles. The van der Waals surface area contributed by atoms with Gasteiger partial charge >= 0.3 is 12.1 Å². The zero-order valence-electron chi connectivity index (χ0n) is 15.3. The summed E-state index contributed by atoms with van der Waals surface area (Å²) in [4.78, 5) is 23.4. The minimum absolute atomic E-state index is 0.0441. The fourth-order valence-corrected chi connectivity index (χ4v) is 3.32. The van der Waals surface area contributed by atoms with E-state index in [1.165, 1.54) is 0 Å². The molecular formula is C21H23NO6. The number of aliphatic hydroxyl groups excluding tert-OH is 1. The first-order valence-corrected chi connectivity index (χ1v) is 9.14. The second-order valence-corrected chi connectivity index (χ2v) is 6.51. The average molecular weight is 385 g/mol. The van der Waals surface area contributed by atoms with Gasteiger partial charge in [0.25, 0.3) is 0 Å². The molecule has 1 amide bonds. The number of hydrogen-bond donors (Lipinski definition) is 3. The van der Waals surface area contributed by atoms with Crippen molar-refractivity contribution in [3.63, 3.8) is 0 Å². The number of aliphatic hydroxyl groups is 1. The number of rotatable bonds is 9. The van der Waals surface area contributed by atoms with Gasteiger partial charge in [-0.05, 0) is 28.7 Å². The van der Waals surface area contributed by atoms with Gasteiger partial charge in [0.05, 0.1) is 6.61 Å². The molecule has 0 saturated heterocycles. The van der Waals surface area contributed by atoms with Crippen molar-refractivity contribution in [1.82, 2.24) is 5.32 Å². The second kappa shape index (κ2) is 9.34. The van der Waals surface area contributed by atoms with Crippen molar-refractivity contribution in [2.24, 2.45) is 0 Å². The molecule has 1 aliphatic rings. The first-order valence-electron chi connectivity index (χ1n) is 9.14. The predicted molar refractivity (Wildman–Crippen MR) is 102 cm³/mol. The van der Waals surface area contributed by atoms with E-state index < -0.39 is 18.1 Å². The molecule has 1 atom stereocenters. The number of carbonyl (C=O) groups is 2. The van der Waals surface area contributed by atoms with Gasteiger partial charge in [-0.25, -0.2) is 9.59 Å². The van der Waals surface area contributed by atoms with Crippen LogP contribution in [0.15, 0.2) is 48.5 Å². The van der Waals surface area contributed by atoms with Crippen molar-refractivity contribution in [3.05, 3.63) is 59.7 Å². The van der Waals surface area contributed by atoms with Gasteiger partial charge in [0.1, 0.15) is 6.61 Å². The number of alkyl carbamates (subject to hydrolysis) is 1. The standard InChI is InChI=1S/C21H23NO6/c23-10-5-11-27-13-19(20(24)25)22-21(26)28-12-18-16-8-3-1-6-14(16)15-7-2-4-9-17(15)18/h1-4,6-9,18-19,23H,5,10-13H2,(H,22,26)(H,24,25). The molecule has 0 radical (unpaired) electrons. The van der Waals surface area contributed by atoms with E-state index in [0.29, 0.717) is 6.42 Å². The highest BCUT2D eigenvalue weighted by Gasteiger charge is 2.29. The molecule has 148 valence electrons. The highest BCUT2D eigenvalue weighted by molar-refractivity contribution is 5.81. The van der Waals surface area contributed by atoms with Crippen LogP contribution in [0.4, 0.5) is 4.79 Å². The number of carboxylic acid groups (broad SMARTS) is 1. The van der Waals surface area contributed by atoms with E-state index in [4.69, 9.17) is 14.6 Å². The van der Waals surface area contributed by atoms with E-state index in [1.54, 1.807) is 0 Å². The number of amides is 1. The number of nitrogens with one attached hydrogen (secondary N) is 1. The van der Waals surface area contributed by atoms with Crippen molar-refractivity contribution >= 4 is 12.1 Å². The van der Waals surface area contributed by atoms with Crippen molar-refractivity contribution < 1.29 is 29.3 Å². The van der Waals surface area contributed by atoms with Gasteiger partial charge in [0.2, 0.25) is 0 Å². The third kappa shape index (κ3) is 4.49. The Hall–Kier alpha value is -2.90. The lowest BCUT2D eigenvalue weighted by Gasteiger charge is -2.17. The molecule has 0 saturated carbocycles. The van der Waals surface area contributed by atoms with Crippen LogP contribution in [0.1, 0.15) is 23.5 Å². The Balaban J connectivity index is 1.60. The van der Waals surface area contributed by atoms with E-state index >= 15 is 0 Å². The molecule has 7 heteroatoms. The first kappa shape index (κ1) is 19.9. The molecule has 0 fully saturated rings. The van der Waals surface area contributed by atoms with Crippen LogP contribution in [0.3, 0.4) is 0 Å². The van der Waals surface area contributed by atoms with Gasteiger partial charge in [-0.15, -0.1) is 0 Å². The van der Waals surface area contributed by atoms with Crippen LogP contribution >= 0.6 is 0 Å². The number of benzene rings is 2. The summed E-state index contributed by atoms with van der Waals surface area (Å²) in [6.07, 6.45) is -0.405. The van der Waals surface area contributed by atoms with Crippen molar-refractivity contribution in [3.8, 4) is 11.1 Å². The van der Waals surface area contributed by atoms with Gasteiger partial charge in [-0.1, -0.05) is 48.5 Å². The number of aliphatic carboxylic acids is 1. The summed E-state index contributed by atoms with van der Waals surface area (Å²) in [6.45, 7) is 0.0846. The fraction of sp³-hybridized carbons (Fsp3) is 0.333. The fourth-order valence-electron chi connectivity index (χ4n) is 3.32. The van der Waals surface area contributed by atoms with E-state index in [0.717, 1.165) is 22.3 Å². The van der Waals surface area contributed by atoms with Gasteiger partial charge in [-0.3, -0.25) is 0 Å². The molecule has 1 unspecified atom stereocenters. The molecule has 0 aromatic heterocycles. The summed E-state index contributed by atoms with van der Waals surface area (Å²) >= 11 is 0. The Labute approximate surface area is 162 Å². The Bertz CT molecular complexity index is 792. The summed E-state index contributed by atoms with van der Waals surface area (Å²) < 4.78 is 10.5. The van der Waals surface area contributed by atoms with Crippen molar-refractivity contribution in [2.75, 3.05) is 26.4 Å². The van der Waals surface area contributed by atoms with Crippen LogP contribution in [-0.4, -0.2) is 54.7 Å². The smallest absolute Gasteiger partial charge is 0.407 e. The SMILES string of the molecule is O=C(NC(COCCCO)C(=O)O)OCC1c2ccccc2-c2ccccc21. The largest absolute Gasteiger partial charge is 0.480 e. The number of fused-ring (bicyclic) bond motifs is 3. The van der Waals surface area contributed by atoms with Crippen LogP contribution in [-0.2, 0) is 14.3 Å². The van der Waals surface area contributed by atoms with E-state index in [2.05, 4.69) is 5.32 Å². The van der Waals surface area contributed by atoms with Gasteiger partial charge < -0.3 is 25.0 Å². The summed E-state index contributed by atoms with van der Waals surface area (Å²) in [5.74, 6) is -1.31. The lowest BCUT2D eigenvalue weighted by molar-refractivity contribution is -0.141. The lowest BCUT2D eigenvalue weighted by Crippen LogP contribution is -2.44. The molecule has 28 heavy (non-hydrogen) atoms. The summed E-state index contributed by atoms with van der Waals surface area (Å²) in [5.41, 5.74) is 4.40. The molecular weight excluding hydrogens is 362 g/mol. The molecule has 0 aliphatic heterocycles. The maximum absolute atomic E-state index is 12.1. The summed E-state index contributed by atoms with van der Waals surface area (Å²) in [6, 6.07) is 14.7. The third-order valence-electron chi connectivity index (χ3n) is 4.67. The van der Waals surface area contributed by atoms with E-state index in [9.17, 15) is 14.7 Å². The average Bonchev–Trinajstić information content (AvgIpc) is 3.02. The number of carboxylic acids is 1. The van der Waals surface area contributed by atoms with E-state index in [-0.39, 0.29) is 32.3 Å². The molecule has 0 spiro atoms. The van der Waals surface area contributed by atoms with Crippen molar-refractivity contribution in [2.45, 2.75) is 18.4 Å². The minimum Gasteiger partial charge on any atom is -0.480 e. The first-order chi connectivity index (χ1) is 13.6. The predicted octanol–water partition coefficient (Wildman–Crippen LogP) is 2.38. The quantitative estimate of drug-likeness (QED) is 0.573. The Kier molecular flexibility index (Phi) is 6.62.